The van der Waals surface area contributed by atoms with Crippen LogP contribution in [0, 0.1) is 12.7 Å². The van der Waals surface area contributed by atoms with Crippen LogP contribution in [0.25, 0.3) is 0 Å². The molecule has 1 heterocycles. The second kappa shape index (κ2) is 8.11. The van der Waals surface area contributed by atoms with Gasteiger partial charge in [-0.25, -0.2) is 9.18 Å². The van der Waals surface area contributed by atoms with E-state index < -0.39 is 47.4 Å². The molecule has 0 amide bonds. The first-order valence-electron chi connectivity index (χ1n) is 7.02. The van der Waals surface area contributed by atoms with Crippen LogP contribution in [0.15, 0.2) is 44.9 Å². The van der Waals surface area contributed by atoms with Crippen molar-refractivity contribution in [2.24, 2.45) is 0 Å². The number of alkyl halides is 1. The summed E-state index contributed by atoms with van der Waals surface area (Å²) in [6, 6.07) is 6.95. The zero-order valence-corrected chi connectivity index (χ0v) is 13.6. The molecule has 1 N–H and O–H groups in total. The van der Waals surface area contributed by atoms with Gasteiger partial charge in [-0.05, 0) is 19.1 Å². The third-order valence-corrected chi connectivity index (χ3v) is 4.68. The highest BCUT2D eigenvalue weighted by Crippen LogP contribution is 2.11. The maximum absolute atomic E-state index is 13.1. The molecule has 0 fully saturated rings. The Labute approximate surface area is 138 Å². The van der Waals surface area contributed by atoms with Gasteiger partial charge in [0.2, 0.25) is 5.82 Å². The van der Waals surface area contributed by atoms with E-state index in [9.17, 15) is 22.6 Å². The number of ether oxygens (including phenoxy) is 1. The summed E-state index contributed by atoms with van der Waals surface area (Å²) in [6.07, 6.45) is -0.359. The lowest BCUT2D eigenvalue weighted by Gasteiger charge is -2.15. The Hall–Kier alpha value is -2.13. The molecule has 1 aromatic carbocycles. The number of hydrogen-bond donors (Lipinski definition) is 1. The van der Waals surface area contributed by atoms with E-state index in [0.717, 1.165) is 10.1 Å². The van der Waals surface area contributed by atoms with Gasteiger partial charge in [-0.3, -0.25) is 18.6 Å². The Morgan fingerprint density at radius 1 is 1.29 bits per heavy atom. The Balaban J connectivity index is 2.01. The summed E-state index contributed by atoms with van der Waals surface area (Å²) in [5.41, 5.74) is -1.01. The standard InChI is InChI=1S/C15H16F2N2O4S/c1-10-2-4-12(5-3-10)24(22)8-11(6-16)23-9-19-7-13(17)14(20)18-15(19)21/h2-5,7,11H,6,8-9H2,1H3,(H,18,20,21)/t11-,24+/m0/s1. The van der Waals surface area contributed by atoms with E-state index in [4.69, 9.17) is 4.74 Å². The Morgan fingerprint density at radius 3 is 2.58 bits per heavy atom. The van der Waals surface area contributed by atoms with Gasteiger partial charge in [-0.1, -0.05) is 17.7 Å². The molecular weight excluding hydrogens is 342 g/mol. The zero-order valence-electron chi connectivity index (χ0n) is 12.8. The van der Waals surface area contributed by atoms with Crippen molar-refractivity contribution < 1.29 is 17.7 Å². The molecule has 0 radical (unpaired) electrons. The van der Waals surface area contributed by atoms with Crippen LogP contribution in [0.2, 0.25) is 0 Å². The lowest BCUT2D eigenvalue weighted by Crippen LogP contribution is -2.34. The van der Waals surface area contributed by atoms with Crippen molar-refractivity contribution >= 4 is 10.8 Å². The Kier molecular flexibility index (Phi) is 6.16. The third kappa shape index (κ3) is 4.68. The van der Waals surface area contributed by atoms with Crippen LogP contribution in [-0.2, 0) is 22.3 Å². The van der Waals surface area contributed by atoms with Crippen LogP contribution in [-0.4, -0.2) is 32.3 Å². The van der Waals surface area contributed by atoms with E-state index >= 15 is 0 Å². The minimum Gasteiger partial charge on any atom is -0.354 e. The summed E-state index contributed by atoms with van der Waals surface area (Å²) in [6.45, 7) is 0.506. The number of nitrogens with zero attached hydrogens (tertiary/aromatic N) is 1. The summed E-state index contributed by atoms with van der Waals surface area (Å²) in [7, 11) is -1.48. The topological polar surface area (TPSA) is 81.2 Å². The van der Waals surface area contributed by atoms with Gasteiger partial charge in [0.25, 0.3) is 5.56 Å². The molecule has 0 saturated heterocycles. The van der Waals surface area contributed by atoms with E-state index in [2.05, 4.69) is 0 Å². The second-order valence-corrected chi connectivity index (χ2v) is 6.60. The van der Waals surface area contributed by atoms with E-state index in [1.807, 2.05) is 6.92 Å². The monoisotopic (exact) mass is 358 g/mol. The van der Waals surface area contributed by atoms with Gasteiger partial charge in [0.15, 0.2) is 0 Å². The van der Waals surface area contributed by atoms with Crippen molar-refractivity contribution in [3.05, 3.63) is 62.7 Å². The van der Waals surface area contributed by atoms with Gasteiger partial charge in [-0.15, -0.1) is 0 Å². The smallest absolute Gasteiger partial charge is 0.330 e. The largest absolute Gasteiger partial charge is 0.354 e. The Bertz CT molecular complexity index is 833. The van der Waals surface area contributed by atoms with Crippen molar-refractivity contribution in [3.8, 4) is 0 Å². The highest BCUT2D eigenvalue weighted by Gasteiger charge is 2.16. The first kappa shape index (κ1) is 18.2. The summed E-state index contributed by atoms with van der Waals surface area (Å²) in [5, 5.41) is 0. The van der Waals surface area contributed by atoms with Crippen LogP contribution in [0.1, 0.15) is 5.56 Å². The normalized spacial score (nSPS) is 13.6. The highest BCUT2D eigenvalue weighted by atomic mass is 32.2. The zero-order chi connectivity index (χ0) is 17.7. The quantitative estimate of drug-likeness (QED) is 0.804. The highest BCUT2D eigenvalue weighted by molar-refractivity contribution is 7.85. The SMILES string of the molecule is Cc1ccc([S@](=O)C[C@H](CF)OCn2cc(F)c(=O)[nH]c2=O)cc1. The van der Waals surface area contributed by atoms with Gasteiger partial charge in [0.1, 0.15) is 13.4 Å². The molecule has 2 rings (SSSR count). The molecule has 0 aliphatic heterocycles. The summed E-state index contributed by atoms with van der Waals surface area (Å²) >= 11 is 0. The van der Waals surface area contributed by atoms with Gasteiger partial charge < -0.3 is 4.74 Å². The molecule has 1 aromatic heterocycles. The molecule has 0 saturated carbocycles. The number of benzene rings is 1. The molecule has 2 aromatic rings. The molecule has 24 heavy (non-hydrogen) atoms. The number of aryl methyl sites for hydroxylation is 1. The molecule has 6 nitrogen and oxygen atoms in total. The first-order chi connectivity index (χ1) is 11.4. The van der Waals surface area contributed by atoms with E-state index in [1.54, 1.807) is 29.2 Å². The lowest BCUT2D eigenvalue weighted by atomic mass is 10.2. The molecule has 130 valence electrons. The van der Waals surface area contributed by atoms with Crippen molar-refractivity contribution in [2.75, 3.05) is 12.4 Å². The summed E-state index contributed by atoms with van der Waals surface area (Å²) < 4.78 is 44.3. The van der Waals surface area contributed by atoms with Crippen LogP contribution in [0.4, 0.5) is 8.78 Å². The van der Waals surface area contributed by atoms with Crippen LogP contribution in [0.3, 0.4) is 0 Å². The third-order valence-electron chi connectivity index (χ3n) is 3.21. The molecule has 0 aliphatic rings. The fourth-order valence-electron chi connectivity index (χ4n) is 1.86. The van der Waals surface area contributed by atoms with Crippen molar-refractivity contribution in [1.29, 1.82) is 0 Å². The molecule has 2 atom stereocenters. The predicted molar refractivity (Wildman–Crippen MR) is 84.6 cm³/mol. The number of halogens is 2. The van der Waals surface area contributed by atoms with Gasteiger partial charge in [0.05, 0.1) is 28.9 Å². The van der Waals surface area contributed by atoms with Gasteiger partial charge in [0, 0.05) is 4.90 Å². The maximum atomic E-state index is 13.1. The van der Waals surface area contributed by atoms with E-state index in [1.165, 1.54) is 0 Å². The number of hydrogen-bond acceptors (Lipinski definition) is 4. The lowest BCUT2D eigenvalue weighted by molar-refractivity contribution is 0.00438. The first-order valence-corrected chi connectivity index (χ1v) is 8.34. The average molecular weight is 358 g/mol. The molecule has 0 unspecified atom stereocenters. The number of aromatic amines is 1. The van der Waals surface area contributed by atoms with Crippen molar-refractivity contribution in [1.82, 2.24) is 9.55 Å². The molecular formula is C15H16F2N2O4S. The van der Waals surface area contributed by atoms with Gasteiger partial charge >= 0.3 is 5.69 Å². The Morgan fingerprint density at radius 2 is 1.96 bits per heavy atom. The molecule has 9 heteroatoms. The van der Waals surface area contributed by atoms with Crippen LogP contribution >= 0.6 is 0 Å². The van der Waals surface area contributed by atoms with Crippen molar-refractivity contribution in [3.63, 3.8) is 0 Å². The van der Waals surface area contributed by atoms with E-state index in [-0.39, 0.29) is 5.75 Å². The summed E-state index contributed by atoms with van der Waals surface area (Å²) in [4.78, 5) is 24.7. The average Bonchev–Trinajstić information content (AvgIpc) is 2.56. The molecule has 0 aliphatic carbocycles. The summed E-state index contributed by atoms with van der Waals surface area (Å²) in [5.74, 6) is -1.27. The second-order valence-electron chi connectivity index (χ2n) is 5.10. The number of aromatic nitrogens is 2. The number of rotatable bonds is 7. The molecule has 0 spiro atoms. The van der Waals surface area contributed by atoms with Crippen LogP contribution in [0.5, 0.6) is 0 Å². The number of nitrogens with one attached hydrogen (secondary N) is 1. The van der Waals surface area contributed by atoms with Crippen LogP contribution < -0.4 is 11.2 Å². The van der Waals surface area contributed by atoms with E-state index in [0.29, 0.717) is 11.1 Å². The van der Waals surface area contributed by atoms with Crippen molar-refractivity contribution in [2.45, 2.75) is 24.7 Å². The predicted octanol–water partition coefficient (Wildman–Crippen LogP) is 1.10. The van der Waals surface area contributed by atoms with Gasteiger partial charge in [-0.2, -0.15) is 4.39 Å². The molecule has 0 bridgehead atoms. The minimum absolute atomic E-state index is 0.111. The fourth-order valence-corrected chi connectivity index (χ4v) is 3.01. The fraction of sp³-hybridized carbons (Fsp3) is 0.333. The minimum atomic E-state index is -1.48. The maximum Gasteiger partial charge on any atom is 0.330 e. The number of H-pyrrole nitrogens is 1.